The van der Waals surface area contributed by atoms with Crippen LogP contribution in [0, 0.1) is 0 Å². The predicted molar refractivity (Wildman–Crippen MR) is 99.1 cm³/mol. The molecule has 0 amide bonds. The predicted octanol–water partition coefficient (Wildman–Crippen LogP) is 3.56. The summed E-state index contributed by atoms with van der Waals surface area (Å²) in [4.78, 5) is 26.5. The Kier molecular flexibility index (Phi) is 4.93. The topological polar surface area (TPSA) is 80.0 Å². The van der Waals surface area contributed by atoms with Crippen molar-refractivity contribution in [1.82, 2.24) is 0 Å². The molecular formula is C20H19NO5. The smallest absolute Gasteiger partial charge is 0.379 e. The van der Waals surface area contributed by atoms with E-state index in [0.29, 0.717) is 10.9 Å². The van der Waals surface area contributed by atoms with E-state index in [0.717, 1.165) is 18.8 Å². The van der Waals surface area contributed by atoms with E-state index >= 15 is 0 Å². The Bertz CT molecular complexity index is 987. The number of aromatic hydroxyl groups is 1. The second kappa shape index (κ2) is 7.31. The summed E-state index contributed by atoms with van der Waals surface area (Å²) in [6.45, 7) is 5.86. The van der Waals surface area contributed by atoms with Gasteiger partial charge in [0, 0.05) is 30.2 Å². The van der Waals surface area contributed by atoms with E-state index in [1.165, 1.54) is 18.2 Å². The monoisotopic (exact) mass is 353 g/mol. The summed E-state index contributed by atoms with van der Waals surface area (Å²) in [5.41, 5.74) is 0.789. The lowest BCUT2D eigenvalue weighted by molar-refractivity contribution is 0.0729. The molecule has 0 unspecified atom stereocenters. The van der Waals surface area contributed by atoms with Gasteiger partial charge in [0.2, 0.25) is 5.75 Å². The highest BCUT2D eigenvalue weighted by molar-refractivity contribution is 5.92. The summed E-state index contributed by atoms with van der Waals surface area (Å²) >= 11 is 0. The molecule has 0 bridgehead atoms. The zero-order valence-corrected chi connectivity index (χ0v) is 14.6. The molecule has 0 aliphatic rings. The van der Waals surface area contributed by atoms with Crippen LogP contribution in [0.3, 0.4) is 0 Å². The number of esters is 1. The van der Waals surface area contributed by atoms with Crippen molar-refractivity contribution in [3.8, 4) is 11.5 Å². The first-order valence-corrected chi connectivity index (χ1v) is 8.36. The van der Waals surface area contributed by atoms with Gasteiger partial charge in [-0.3, -0.25) is 0 Å². The van der Waals surface area contributed by atoms with E-state index in [1.807, 2.05) is 12.1 Å². The number of nitrogens with zero attached hydrogens (tertiary/aromatic N) is 1. The van der Waals surface area contributed by atoms with Crippen molar-refractivity contribution in [3.63, 3.8) is 0 Å². The molecule has 6 heteroatoms. The van der Waals surface area contributed by atoms with Crippen LogP contribution in [0.1, 0.15) is 24.2 Å². The fourth-order valence-corrected chi connectivity index (χ4v) is 2.71. The van der Waals surface area contributed by atoms with E-state index in [-0.39, 0.29) is 17.1 Å². The number of benzene rings is 2. The minimum absolute atomic E-state index is 0.0151. The number of carbonyl (C=O) groups is 1. The van der Waals surface area contributed by atoms with Gasteiger partial charge in [-0.25, -0.2) is 9.59 Å². The van der Waals surface area contributed by atoms with E-state index in [1.54, 1.807) is 18.2 Å². The van der Waals surface area contributed by atoms with Crippen LogP contribution < -0.4 is 15.3 Å². The van der Waals surface area contributed by atoms with Crippen molar-refractivity contribution in [2.24, 2.45) is 0 Å². The molecule has 0 aliphatic carbocycles. The first kappa shape index (κ1) is 17.5. The third-order valence-electron chi connectivity index (χ3n) is 4.12. The van der Waals surface area contributed by atoms with E-state index in [4.69, 9.17) is 9.15 Å². The fraction of sp³-hybridized carbons (Fsp3) is 0.200. The molecule has 1 aromatic heterocycles. The highest BCUT2D eigenvalue weighted by atomic mass is 16.5. The average Bonchev–Trinajstić information content (AvgIpc) is 2.64. The number of carbonyl (C=O) groups excluding carboxylic acids is 1. The van der Waals surface area contributed by atoms with E-state index in [9.17, 15) is 14.7 Å². The number of anilines is 1. The van der Waals surface area contributed by atoms with Gasteiger partial charge in [-0.05, 0) is 56.3 Å². The molecule has 0 fully saturated rings. The number of phenolic OH excluding ortho intramolecular Hbond substituents is 1. The summed E-state index contributed by atoms with van der Waals surface area (Å²) in [5.74, 6) is -0.846. The van der Waals surface area contributed by atoms with Crippen LogP contribution in [0.4, 0.5) is 5.69 Å². The lowest BCUT2D eigenvalue weighted by Crippen LogP contribution is -2.21. The fourth-order valence-electron chi connectivity index (χ4n) is 2.71. The number of hydrogen-bond acceptors (Lipinski definition) is 6. The molecule has 0 spiro atoms. The number of rotatable bonds is 5. The molecule has 1 heterocycles. The lowest BCUT2D eigenvalue weighted by atomic mass is 10.2. The molecule has 26 heavy (non-hydrogen) atoms. The SMILES string of the molecule is CCN(CC)c1ccc(C(=O)Oc2cc3ccc(O)cc3oc2=O)cc1. The Morgan fingerprint density at radius 1 is 1.08 bits per heavy atom. The van der Waals surface area contributed by atoms with Crippen LogP contribution in [-0.4, -0.2) is 24.2 Å². The van der Waals surface area contributed by atoms with E-state index < -0.39 is 11.6 Å². The van der Waals surface area contributed by atoms with Crippen molar-refractivity contribution in [3.05, 3.63) is 64.5 Å². The van der Waals surface area contributed by atoms with Gasteiger partial charge in [0.05, 0.1) is 5.56 Å². The molecule has 134 valence electrons. The molecule has 3 rings (SSSR count). The van der Waals surface area contributed by atoms with Gasteiger partial charge in [0.15, 0.2) is 0 Å². The third kappa shape index (κ3) is 3.54. The van der Waals surface area contributed by atoms with Crippen LogP contribution in [-0.2, 0) is 0 Å². The van der Waals surface area contributed by atoms with Gasteiger partial charge >= 0.3 is 11.6 Å². The molecule has 0 aliphatic heterocycles. The van der Waals surface area contributed by atoms with Crippen LogP contribution in [0.25, 0.3) is 11.0 Å². The molecule has 0 saturated carbocycles. The Hall–Kier alpha value is -3.28. The molecule has 1 N–H and O–H groups in total. The summed E-state index contributed by atoms with van der Waals surface area (Å²) in [5, 5.41) is 9.97. The van der Waals surface area contributed by atoms with Gasteiger partial charge in [0.25, 0.3) is 0 Å². The molecule has 3 aromatic rings. The Morgan fingerprint density at radius 3 is 2.42 bits per heavy atom. The second-order valence-corrected chi connectivity index (χ2v) is 5.73. The minimum Gasteiger partial charge on any atom is -0.508 e. The first-order valence-electron chi connectivity index (χ1n) is 8.36. The first-order chi connectivity index (χ1) is 12.5. The normalized spacial score (nSPS) is 10.7. The quantitative estimate of drug-likeness (QED) is 0.558. The zero-order chi connectivity index (χ0) is 18.7. The van der Waals surface area contributed by atoms with Crippen LogP contribution >= 0.6 is 0 Å². The van der Waals surface area contributed by atoms with Crippen molar-refractivity contribution in [1.29, 1.82) is 0 Å². The van der Waals surface area contributed by atoms with Gasteiger partial charge in [-0.1, -0.05) is 0 Å². The minimum atomic E-state index is -0.781. The van der Waals surface area contributed by atoms with Crippen LogP contribution in [0.15, 0.2) is 57.7 Å². The molecule has 6 nitrogen and oxygen atoms in total. The second-order valence-electron chi connectivity index (χ2n) is 5.73. The van der Waals surface area contributed by atoms with Crippen LogP contribution in [0.5, 0.6) is 11.5 Å². The van der Waals surface area contributed by atoms with Gasteiger partial charge in [-0.15, -0.1) is 0 Å². The number of hydrogen-bond donors (Lipinski definition) is 1. The van der Waals surface area contributed by atoms with Crippen molar-refractivity contribution in [2.75, 3.05) is 18.0 Å². The van der Waals surface area contributed by atoms with Crippen LogP contribution in [0.2, 0.25) is 0 Å². The zero-order valence-electron chi connectivity index (χ0n) is 14.6. The molecule has 2 aromatic carbocycles. The maximum absolute atomic E-state index is 12.3. The summed E-state index contributed by atoms with van der Waals surface area (Å²) in [6, 6.07) is 12.8. The molecular weight excluding hydrogens is 334 g/mol. The van der Waals surface area contributed by atoms with Crippen molar-refractivity contribution in [2.45, 2.75) is 13.8 Å². The van der Waals surface area contributed by atoms with Crippen molar-refractivity contribution >= 4 is 22.6 Å². The largest absolute Gasteiger partial charge is 0.508 e. The van der Waals surface area contributed by atoms with Gasteiger partial charge < -0.3 is 19.2 Å². The molecule has 0 atom stereocenters. The van der Waals surface area contributed by atoms with Crippen molar-refractivity contribution < 1.29 is 19.1 Å². The summed E-state index contributed by atoms with van der Waals surface area (Å²) in [7, 11) is 0. The Morgan fingerprint density at radius 2 is 1.77 bits per heavy atom. The molecule has 0 saturated heterocycles. The van der Waals surface area contributed by atoms with Gasteiger partial charge in [0.1, 0.15) is 11.3 Å². The number of ether oxygens (including phenoxy) is 1. The third-order valence-corrected chi connectivity index (χ3v) is 4.12. The number of phenols is 1. The molecule has 0 radical (unpaired) electrons. The Labute approximate surface area is 150 Å². The standard InChI is InChI=1S/C20H19NO5/c1-3-21(4-2)15-8-5-13(6-9-15)19(23)26-18-11-14-7-10-16(22)12-17(14)25-20(18)24/h5-12,22H,3-4H2,1-2H3. The highest BCUT2D eigenvalue weighted by Crippen LogP contribution is 2.22. The Balaban J connectivity index is 1.83. The average molecular weight is 353 g/mol. The van der Waals surface area contributed by atoms with E-state index in [2.05, 4.69) is 18.7 Å². The maximum atomic E-state index is 12.3. The number of fused-ring (bicyclic) bond motifs is 1. The lowest BCUT2D eigenvalue weighted by Gasteiger charge is -2.20. The summed E-state index contributed by atoms with van der Waals surface area (Å²) < 4.78 is 10.3. The maximum Gasteiger partial charge on any atom is 0.379 e. The highest BCUT2D eigenvalue weighted by Gasteiger charge is 2.14. The summed E-state index contributed by atoms with van der Waals surface area (Å²) in [6.07, 6.45) is 0. The van der Waals surface area contributed by atoms with Gasteiger partial charge in [-0.2, -0.15) is 0 Å².